The van der Waals surface area contributed by atoms with Crippen molar-refractivity contribution in [1.29, 1.82) is 0 Å². The van der Waals surface area contributed by atoms with Crippen LogP contribution in [0.2, 0.25) is 0 Å². The van der Waals surface area contributed by atoms with E-state index in [1.807, 2.05) is 0 Å². The minimum absolute atomic E-state index is 0.318. The van der Waals surface area contributed by atoms with Gasteiger partial charge in [0.1, 0.15) is 0 Å². The van der Waals surface area contributed by atoms with E-state index in [9.17, 15) is 0 Å². The highest BCUT2D eigenvalue weighted by Gasteiger charge is 2.50. The first-order valence-corrected chi connectivity index (χ1v) is 17.6. The normalized spacial score (nSPS) is 34.4. The first-order chi connectivity index (χ1) is 18.6. The molecule has 3 aromatic heterocycles. The molecule has 9 aliphatic carbocycles. The number of hydrogen-bond acceptors (Lipinski definition) is 3. The quantitative estimate of drug-likeness (QED) is 0.271. The van der Waals surface area contributed by atoms with Crippen LogP contribution in [0.1, 0.15) is 130 Å². The molecule has 6 bridgehead atoms. The van der Waals surface area contributed by atoms with Gasteiger partial charge in [0, 0.05) is 55.0 Å². The third-order valence-electron chi connectivity index (χ3n) is 11.6. The van der Waals surface area contributed by atoms with E-state index in [1.54, 1.807) is 52.9 Å². The molecule has 3 aromatic rings. The molecule has 6 unspecified atom stereocenters. The molecule has 3 heterocycles. The Bertz CT molecular complexity index is 1660. The van der Waals surface area contributed by atoms with E-state index in [1.165, 1.54) is 19.3 Å². The summed E-state index contributed by atoms with van der Waals surface area (Å²) in [6.45, 7) is 15.0. The summed E-state index contributed by atoms with van der Waals surface area (Å²) in [6, 6.07) is 0. The van der Waals surface area contributed by atoms with Gasteiger partial charge in [-0.2, -0.15) is 0 Å². The number of rotatable bonds is 2. The molecule has 200 valence electrons. The van der Waals surface area contributed by atoms with Crippen molar-refractivity contribution in [2.24, 2.45) is 16.2 Å². The summed E-state index contributed by atoms with van der Waals surface area (Å²) in [4.78, 5) is 6.46. The van der Waals surface area contributed by atoms with Gasteiger partial charge in [0.2, 0.25) is 0 Å². The highest BCUT2D eigenvalue weighted by molar-refractivity contribution is 7.26. The Morgan fingerprint density at radius 1 is 0.487 bits per heavy atom. The van der Waals surface area contributed by atoms with Crippen LogP contribution in [0.3, 0.4) is 0 Å². The van der Waals surface area contributed by atoms with Crippen molar-refractivity contribution in [3.63, 3.8) is 0 Å². The Balaban J connectivity index is 1.28. The molecule has 0 nitrogen and oxygen atoms in total. The van der Waals surface area contributed by atoms with Crippen molar-refractivity contribution in [1.82, 2.24) is 0 Å². The maximum absolute atomic E-state index is 2.59. The number of thiophene rings is 3. The van der Waals surface area contributed by atoms with Crippen LogP contribution in [0.25, 0.3) is 19.5 Å². The van der Waals surface area contributed by atoms with Gasteiger partial charge in [-0.15, -0.1) is 34.0 Å². The fourth-order valence-electron chi connectivity index (χ4n) is 9.76. The zero-order valence-corrected chi connectivity index (χ0v) is 26.4. The summed E-state index contributed by atoms with van der Waals surface area (Å²) in [5.74, 6) is 3.37. The molecule has 0 amide bonds. The van der Waals surface area contributed by atoms with E-state index in [4.69, 9.17) is 0 Å². The van der Waals surface area contributed by atoms with E-state index in [0.717, 1.165) is 0 Å². The van der Waals surface area contributed by atoms with Crippen LogP contribution in [-0.2, 0) is 0 Å². The average Bonchev–Trinajstić information content (AvgIpc) is 3.59. The highest BCUT2D eigenvalue weighted by Crippen LogP contribution is 2.67. The molecule has 3 heteroatoms. The summed E-state index contributed by atoms with van der Waals surface area (Å²) < 4.78 is 0. The second kappa shape index (κ2) is 7.39. The van der Waals surface area contributed by atoms with Crippen LogP contribution >= 0.6 is 34.0 Å². The van der Waals surface area contributed by atoms with Gasteiger partial charge in [-0.3, -0.25) is 0 Å². The third-order valence-corrected chi connectivity index (χ3v) is 15.2. The van der Waals surface area contributed by atoms with E-state index < -0.39 is 0 Å². The zero-order valence-electron chi connectivity index (χ0n) is 23.9. The molecular weight excluding hydrogens is 529 g/mol. The van der Waals surface area contributed by atoms with Crippen molar-refractivity contribution in [2.45, 2.75) is 96.3 Å². The van der Waals surface area contributed by atoms with Crippen LogP contribution in [0, 0.1) is 16.2 Å². The van der Waals surface area contributed by atoms with Gasteiger partial charge in [-0.05, 0) is 79.6 Å². The van der Waals surface area contributed by atoms with Crippen molar-refractivity contribution in [2.75, 3.05) is 0 Å². The fourth-order valence-corrected chi connectivity index (χ4v) is 13.9. The smallest absolute Gasteiger partial charge is 0.0493 e. The predicted octanol–water partition coefficient (Wildman–Crippen LogP) is 11.7. The molecule has 0 saturated heterocycles. The molecular formula is C36H38S3. The van der Waals surface area contributed by atoms with Gasteiger partial charge in [-0.1, -0.05) is 78.0 Å². The highest BCUT2D eigenvalue weighted by atomic mass is 32.1. The molecule has 12 rings (SSSR count). The van der Waals surface area contributed by atoms with Gasteiger partial charge in [-0.25, -0.2) is 0 Å². The van der Waals surface area contributed by atoms with Crippen molar-refractivity contribution in [3.8, 4) is 19.5 Å². The summed E-state index contributed by atoms with van der Waals surface area (Å²) >= 11 is 6.29. The molecule has 0 radical (unpaired) electrons. The summed E-state index contributed by atoms with van der Waals surface area (Å²) in [7, 11) is 0. The lowest BCUT2D eigenvalue weighted by Gasteiger charge is -2.46. The fraction of sp³-hybridized carbons (Fsp3) is 0.500. The maximum atomic E-state index is 2.59. The summed E-state index contributed by atoms with van der Waals surface area (Å²) in [6.07, 6.45) is 19.2. The minimum atomic E-state index is 0.318. The Morgan fingerprint density at radius 3 is 1.36 bits per heavy atom. The zero-order chi connectivity index (χ0) is 26.6. The van der Waals surface area contributed by atoms with Crippen molar-refractivity contribution < 1.29 is 0 Å². The van der Waals surface area contributed by atoms with Crippen molar-refractivity contribution in [3.05, 3.63) is 80.6 Å². The first kappa shape index (κ1) is 24.0. The van der Waals surface area contributed by atoms with Gasteiger partial charge >= 0.3 is 0 Å². The summed E-state index contributed by atoms with van der Waals surface area (Å²) in [5.41, 5.74) is 11.1. The van der Waals surface area contributed by atoms with Gasteiger partial charge in [0.25, 0.3) is 0 Å². The molecule has 0 aromatic carbocycles. The maximum Gasteiger partial charge on any atom is 0.0493 e. The third kappa shape index (κ3) is 2.96. The van der Waals surface area contributed by atoms with E-state index in [-0.39, 0.29) is 0 Å². The minimum Gasteiger partial charge on any atom is -0.142 e. The average molecular weight is 567 g/mol. The topological polar surface area (TPSA) is 0 Å². The van der Waals surface area contributed by atoms with Crippen LogP contribution in [0.15, 0.2) is 47.2 Å². The molecule has 6 atom stereocenters. The lowest BCUT2D eigenvalue weighted by atomic mass is 9.57. The van der Waals surface area contributed by atoms with E-state index in [0.29, 0.717) is 51.8 Å². The predicted molar refractivity (Wildman–Crippen MR) is 170 cm³/mol. The standard InChI is InChI=1S/C36H38S3/c1-34(2)13-18-7-10-23(34)21-16-37-30(26(18)21)32-28-20-9-12-25(36(5,6)15-20)29(28)33(39-32)31-27-19-8-11-24(22(27)17-38-31)35(3,4)14-19/h7-12,16-20,23-25H,13-15H2,1-6H3. The Labute approximate surface area is 245 Å². The second-order valence-corrected chi connectivity index (χ2v) is 18.2. The van der Waals surface area contributed by atoms with Gasteiger partial charge in [0.15, 0.2) is 0 Å². The van der Waals surface area contributed by atoms with Crippen LogP contribution in [0.4, 0.5) is 0 Å². The van der Waals surface area contributed by atoms with E-state index >= 15 is 0 Å². The summed E-state index contributed by atoms with van der Waals surface area (Å²) in [5, 5.41) is 5.08. The second-order valence-electron chi connectivity index (χ2n) is 15.4. The molecule has 0 N–H and O–H groups in total. The SMILES string of the molecule is CC1(C)CC2C=CC1c1csc(-c3sc(-c4scc5c4C4C=CC5C(C)(C)C4)c4c3C3C=CC4C(C)(C)C3)c12. The molecule has 0 saturated carbocycles. The van der Waals surface area contributed by atoms with Crippen LogP contribution < -0.4 is 0 Å². The number of allylic oxidation sites excluding steroid dienone is 6. The molecule has 0 fully saturated rings. The van der Waals surface area contributed by atoms with Crippen LogP contribution in [0.5, 0.6) is 0 Å². The molecule has 39 heavy (non-hydrogen) atoms. The molecule has 9 aliphatic rings. The van der Waals surface area contributed by atoms with Gasteiger partial charge < -0.3 is 0 Å². The lowest BCUT2D eigenvalue weighted by Crippen LogP contribution is -2.33. The van der Waals surface area contributed by atoms with Gasteiger partial charge in [0.05, 0.1) is 0 Å². The lowest BCUT2D eigenvalue weighted by molar-refractivity contribution is 0.251. The number of hydrogen-bond donors (Lipinski definition) is 0. The Morgan fingerprint density at radius 2 is 0.897 bits per heavy atom. The Kier molecular flexibility index (Phi) is 4.54. The Hall–Kier alpha value is -1.68. The van der Waals surface area contributed by atoms with Crippen LogP contribution in [-0.4, -0.2) is 0 Å². The molecule has 0 spiro atoms. The number of fused-ring (bicyclic) bond motifs is 3. The molecule has 0 aliphatic heterocycles. The monoisotopic (exact) mass is 566 g/mol. The van der Waals surface area contributed by atoms with E-state index in [2.05, 4.69) is 123 Å². The largest absolute Gasteiger partial charge is 0.142 e. The first-order valence-electron chi connectivity index (χ1n) is 15.0. The van der Waals surface area contributed by atoms with Crippen molar-refractivity contribution >= 4 is 34.0 Å².